The molecule has 17 heavy (non-hydrogen) atoms. The van der Waals surface area contributed by atoms with E-state index in [4.69, 9.17) is 4.74 Å². The SMILES string of the molecule is CC(C)NCC1(Oc2ccc(F)c(F)c2)CC1. The maximum Gasteiger partial charge on any atom is 0.162 e. The fourth-order valence-corrected chi connectivity index (χ4v) is 1.63. The minimum atomic E-state index is -0.866. The van der Waals surface area contributed by atoms with E-state index in [1.54, 1.807) is 0 Å². The molecule has 1 aliphatic rings. The van der Waals surface area contributed by atoms with E-state index in [-0.39, 0.29) is 5.60 Å². The minimum absolute atomic E-state index is 0.228. The molecule has 1 fully saturated rings. The number of ether oxygens (including phenoxy) is 1. The molecule has 0 unspecified atom stereocenters. The van der Waals surface area contributed by atoms with Crippen LogP contribution in [0.3, 0.4) is 0 Å². The van der Waals surface area contributed by atoms with Gasteiger partial charge in [0.25, 0.3) is 0 Å². The van der Waals surface area contributed by atoms with Gasteiger partial charge in [0.15, 0.2) is 11.6 Å². The second-order valence-corrected chi connectivity index (χ2v) is 4.90. The molecule has 2 nitrogen and oxygen atoms in total. The third-order valence-corrected chi connectivity index (χ3v) is 2.87. The summed E-state index contributed by atoms with van der Waals surface area (Å²) >= 11 is 0. The van der Waals surface area contributed by atoms with Gasteiger partial charge in [0.2, 0.25) is 0 Å². The molecule has 0 bridgehead atoms. The van der Waals surface area contributed by atoms with Crippen molar-refractivity contribution in [2.75, 3.05) is 6.54 Å². The van der Waals surface area contributed by atoms with Gasteiger partial charge in [0, 0.05) is 18.7 Å². The third kappa shape index (κ3) is 3.16. The van der Waals surface area contributed by atoms with Crippen molar-refractivity contribution < 1.29 is 13.5 Å². The van der Waals surface area contributed by atoms with Gasteiger partial charge in [0.1, 0.15) is 11.4 Å². The van der Waals surface area contributed by atoms with Crippen molar-refractivity contribution in [3.63, 3.8) is 0 Å². The summed E-state index contributed by atoms with van der Waals surface area (Å²) in [5, 5.41) is 3.30. The number of halogens is 2. The first kappa shape index (κ1) is 12.3. The zero-order valence-corrected chi connectivity index (χ0v) is 10.1. The molecule has 1 aliphatic carbocycles. The van der Waals surface area contributed by atoms with Crippen LogP contribution >= 0.6 is 0 Å². The van der Waals surface area contributed by atoms with Gasteiger partial charge in [-0.2, -0.15) is 0 Å². The minimum Gasteiger partial charge on any atom is -0.486 e. The topological polar surface area (TPSA) is 21.3 Å². The van der Waals surface area contributed by atoms with E-state index in [1.807, 2.05) is 0 Å². The highest BCUT2D eigenvalue weighted by Crippen LogP contribution is 2.40. The quantitative estimate of drug-likeness (QED) is 0.855. The smallest absolute Gasteiger partial charge is 0.162 e. The normalized spacial score (nSPS) is 17.2. The first-order valence-corrected chi connectivity index (χ1v) is 5.88. The van der Waals surface area contributed by atoms with Crippen LogP contribution in [-0.4, -0.2) is 18.2 Å². The van der Waals surface area contributed by atoms with Gasteiger partial charge < -0.3 is 10.1 Å². The standard InChI is InChI=1S/C13H17F2NO/c1-9(2)16-8-13(5-6-13)17-10-3-4-11(14)12(15)7-10/h3-4,7,9,16H,5-6,8H2,1-2H3. The average molecular weight is 241 g/mol. The van der Waals surface area contributed by atoms with E-state index in [0.29, 0.717) is 11.8 Å². The van der Waals surface area contributed by atoms with E-state index in [2.05, 4.69) is 19.2 Å². The molecule has 0 saturated heterocycles. The summed E-state index contributed by atoms with van der Waals surface area (Å²) in [6, 6.07) is 4.05. The summed E-state index contributed by atoms with van der Waals surface area (Å²) in [5.74, 6) is -1.32. The zero-order valence-electron chi connectivity index (χ0n) is 10.1. The highest BCUT2D eigenvalue weighted by Gasteiger charge is 2.45. The molecule has 94 valence electrons. The van der Waals surface area contributed by atoms with Crippen LogP contribution in [0.5, 0.6) is 5.75 Å². The fraction of sp³-hybridized carbons (Fsp3) is 0.538. The van der Waals surface area contributed by atoms with Gasteiger partial charge in [0.05, 0.1) is 0 Å². The Hall–Kier alpha value is -1.16. The molecular formula is C13H17F2NO. The summed E-state index contributed by atoms with van der Waals surface area (Å²) in [6.07, 6.45) is 1.90. The van der Waals surface area contributed by atoms with Crippen LogP contribution < -0.4 is 10.1 Å². The summed E-state index contributed by atoms with van der Waals surface area (Å²) < 4.78 is 31.5. The van der Waals surface area contributed by atoms with Crippen molar-refractivity contribution in [3.8, 4) is 5.75 Å². The van der Waals surface area contributed by atoms with Gasteiger partial charge in [-0.15, -0.1) is 0 Å². The summed E-state index contributed by atoms with van der Waals surface area (Å²) in [6.45, 7) is 4.87. The van der Waals surface area contributed by atoms with Crippen LogP contribution in [-0.2, 0) is 0 Å². The predicted molar refractivity (Wildman–Crippen MR) is 62.1 cm³/mol. The molecule has 0 atom stereocenters. The molecule has 0 aromatic heterocycles. The van der Waals surface area contributed by atoms with Crippen molar-refractivity contribution >= 4 is 0 Å². The predicted octanol–water partition coefficient (Wildman–Crippen LogP) is 2.87. The molecule has 0 aliphatic heterocycles. The summed E-state index contributed by atoms with van der Waals surface area (Å²) in [7, 11) is 0. The van der Waals surface area contributed by atoms with Gasteiger partial charge in [-0.1, -0.05) is 13.8 Å². The van der Waals surface area contributed by atoms with Crippen LogP contribution in [0.15, 0.2) is 18.2 Å². The molecule has 4 heteroatoms. The largest absolute Gasteiger partial charge is 0.486 e. The number of hydrogen-bond acceptors (Lipinski definition) is 2. The van der Waals surface area contributed by atoms with Crippen molar-refractivity contribution in [2.24, 2.45) is 0 Å². The number of nitrogens with one attached hydrogen (secondary N) is 1. The van der Waals surface area contributed by atoms with Crippen LogP contribution in [0.4, 0.5) is 8.78 Å². The molecule has 2 rings (SSSR count). The second-order valence-electron chi connectivity index (χ2n) is 4.90. The second kappa shape index (κ2) is 4.61. The van der Waals surface area contributed by atoms with Gasteiger partial charge in [-0.3, -0.25) is 0 Å². The Bertz CT molecular complexity index is 402. The number of rotatable bonds is 5. The lowest BCUT2D eigenvalue weighted by atomic mass is 10.2. The lowest BCUT2D eigenvalue weighted by molar-refractivity contribution is 0.171. The van der Waals surface area contributed by atoms with Gasteiger partial charge in [-0.05, 0) is 25.0 Å². The molecule has 1 aromatic carbocycles. The van der Waals surface area contributed by atoms with E-state index in [9.17, 15) is 8.78 Å². The van der Waals surface area contributed by atoms with Crippen molar-refractivity contribution in [2.45, 2.75) is 38.3 Å². The lowest BCUT2D eigenvalue weighted by Gasteiger charge is -2.20. The average Bonchev–Trinajstić information content (AvgIpc) is 3.02. The molecule has 0 radical (unpaired) electrons. The monoisotopic (exact) mass is 241 g/mol. The van der Waals surface area contributed by atoms with Gasteiger partial charge in [-0.25, -0.2) is 8.78 Å². The Labute approximate surface area is 100.0 Å². The van der Waals surface area contributed by atoms with E-state index in [0.717, 1.165) is 31.5 Å². The van der Waals surface area contributed by atoms with E-state index in [1.165, 1.54) is 6.07 Å². The Morgan fingerprint density at radius 2 is 2.00 bits per heavy atom. The van der Waals surface area contributed by atoms with Gasteiger partial charge >= 0.3 is 0 Å². The Balaban J connectivity index is 1.98. The first-order chi connectivity index (χ1) is 8.01. The number of benzene rings is 1. The van der Waals surface area contributed by atoms with Crippen LogP contribution in [0.2, 0.25) is 0 Å². The molecule has 1 saturated carbocycles. The maximum absolute atomic E-state index is 13.0. The summed E-state index contributed by atoms with van der Waals surface area (Å²) in [5.41, 5.74) is -0.228. The maximum atomic E-state index is 13.0. The highest BCUT2D eigenvalue weighted by molar-refractivity contribution is 5.25. The Morgan fingerprint density at radius 1 is 1.29 bits per heavy atom. The van der Waals surface area contributed by atoms with E-state index < -0.39 is 11.6 Å². The molecule has 0 heterocycles. The molecule has 1 aromatic rings. The Kier molecular flexibility index (Phi) is 3.33. The number of hydrogen-bond donors (Lipinski definition) is 1. The van der Waals surface area contributed by atoms with Crippen molar-refractivity contribution in [1.82, 2.24) is 5.32 Å². The molecular weight excluding hydrogens is 224 g/mol. The molecule has 0 spiro atoms. The van der Waals surface area contributed by atoms with Crippen molar-refractivity contribution in [1.29, 1.82) is 0 Å². The fourth-order valence-electron chi connectivity index (χ4n) is 1.63. The van der Waals surface area contributed by atoms with Crippen LogP contribution in [0.25, 0.3) is 0 Å². The van der Waals surface area contributed by atoms with Crippen LogP contribution in [0, 0.1) is 11.6 Å². The lowest BCUT2D eigenvalue weighted by Crippen LogP contribution is -2.36. The summed E-state index contributed by atoms with van der Waals surface area (Å²) in [4.78, 5) is 0. The third-order valence-electron chi connectivity index (χ3n) is 2.87. The van der Waals surface area contributed by atoms with Crippen LogP contribution in [0.1, 0.15) is 26.7 Å². The Morgan fingerprint density at radius 3 is 2.53 bits per heavy atom. The van der Waals surface area contributed by atoms with E-state index >= 15 is 0 Å². The molecule has 1 N–H and O–H groups in total. The molecule has 0 amide bonds. The highest BCUT2D eigenvalue weighted by atomic mass is 19.2. The zero-order chi connectivity index (χ0) is 12.5. The van der Waals surface area contributed by atoms with Crippen molar-refractivity contribution in [3.05, 3.63) is 29.8 Å². The first-order valence-electron chi connectivity index (χ1n) is 5.88.